The number of carbonyl (C=O) groups is 1. The highest BCUT2D eigenvalue weighted by molar-refractivity contribution is 7.89. The summed E-state index contributed by atoms with van der Waals surface area (Å²) in [6.45, 7) is 8.84. The summed E-state index contributed by atoms with van der Waals surface area (Å²) >= 11 is 0. The van der Waals surface area contributed by atoms with Gasteiger partial charge in [0.2, 0.25) is 15.9 Å². The summed E-state index contributed by atoms with van der Waals surface area (Å²) in [4.78, 5) is 11.0. The SMILES string of the molecule is CC(=O)NS(=O)(=O)Cc1ccc(B2OC(C)(C)C(C)(C)O2)cc1CCO. The largest absolute Gasteiger partial charge is 0.494 e. The first kappa shape index (κ1) is 20.9. The molecule has 0 spiro atoms. The number of carbonyl (C=O) groups excluding carboxylic acids is 1. The summed E-state index contributed by atoms with van der Waals surface area (Å²) in [5, 5.41) is 9.33. The summed E-state index contributed by atoms with van der Waals surface area (Å²) < 4.78 is 38.1. The van der Waals surface area contributed by atoms with Crippen LogP contribution in [-0.2, 0) is 36.3 Å². The van der Waals surface area contributed by atoms with Crippen LogP contribution in [0, 0.1) is 0 Å². The molecule has 0 unspecified atom stereocenters. The van der Waals surface area contributed by atoms with E-state index in [1.807, 2.05) is 32.4 Å². The third kappa shape index (κ3) is 4.65. The maximum absolute atomic E-state index is 12.0. The molecule has 0 atom stereocenters. The van der Waals surface area contributed by atoms with Crippen LogP contribution in [0.1, 0.15) is 45.7 Å². The molecule has 0 aromatic heterocycles. The average Bonchev–Trinajstić information content (AvgIpc) is 2.67. The number of hydrogen-bond acceptors (Lipinski definition) is 6. The Labute approximate surface area is 155 Å². The van der Waals surface area contributed by atoms with Gasteiger partial charge in [0.15, 0.2) is 0 Å². The lowest BCUT2D eigenvalue weighted by Crippen LogP contribution is -2.41. The van der Waals surface area contributed by atoms with Gasteiger partial charge in [-0.15, -0.1) is 0 Å². The van der Waals surface area contributed by atoms with Crippen molar-refractivity contribution >= 4 is 28.5 Å². The van der Waals surface area contributed by atoms with Gasteiger partial charge in [0.05, 0.1) is 17.0 Å². The van der Waals surface area contributed by atoms with Crippen molar-refractivity contribution in [2.45, 2.75) is 58.0 Å². The second-order valence-electron chi connectivity index (χ2n) is 7.51. The monoisotopic (exact) mass is 383 g/mol. The van der Waals surface area contributed by atoms with Gasteiger partial charge in [-0.1, -0.05) is 18.2 Å². The van der Waals surface area contributed by atoms with Gasteiger partial charge in [-0.2, -0.15) is 0 Å². The molecular formula is C17H26BNO6S. The Morgan fingerprint density at radius 2 is 1.73 bits per heavy atom. The highest BCUT2D eigenvalue weighted by Crippen LogP contribution is 2.36. The number of aliphatic hydroxyl groups excluding tert-OH is 1. The maximum atomic E-state index is 12.0. The van der Waals surface area contributed by atoms with E-state index < -0.39 is 34.3 Å². The van der Waals surface area contributed by atoms with E-state index in [9.17, 15) is 18.3 Å². The molecule has 1 fully saturated rings. The predicted octanol–water partition coefficient (Wildman–Crippen LogP) is 0.487. The molecule has 9 heteroatoms. The van der Waals surface area contributed by atoms with Crippen LogP contribution in [0.15, 0.2) is 18.2 Å². The number of nitrogens with one attached hydrogen (secondary N) is 1. The van der Waals surface area contributed by atoms with Gasteiger partial charge in [-0.3, -0.25) is 9.52 Å². The van der Waals surface area contributed by atoms with Crippen LogP contribution >= 0.6 is 0 Å². The minimum absolute atomic E-state index is 0.125. The first-order valence-electron chi connectivity index (χ1n) is 8.46. The number of aliphatic hydroxyl groups is 1. The minimum Gasteiger partial charge on any atom is -0.399 e. The highest BCUT2D eigenvalue weighted by Gasteiger charge is 2.51. The van der Waals surface area contributed by atoms with E-state index in [1.54, 1.807) is 18.2 Å². The van der Waals surface area contributed by atoms with Crippen LogP contribution in [-0.4, -0.2) is 44.4 Å². The quantitative estimate of drug-likeness (QED) is 0.694. The summed E-state index contributed by atoms with van der Waals surface area (Å²) in [5.41, 5.74) is 0.985. The van der Waals surface area contributed by atoms with Crippen LogP contribution < -0.4 is 10.2 Å². The molecule has 0 radical (unpaired) electrons. The molecule has 1 saturated heterocycles. The molecule has 1 aliphatic heterocycles. The van der Waals surface area contributed by atoms with E-state index in [-0.39, 0.29) is 18.8 Å². The Hall–Kier alpha value is -1.42. The summed E-state index contributed by atoms with van der Waals surface area (Å²) in [6, 6.07) is 5.21. The normalized spacial score (nSPS) is 18.8. The van der Waals surface area contributed by atoms with Gasteiger partial charge in [0, 0.05) is 13.5 Å². The fourth-order valence-corrected chi connectivity index (χ4v) is 3.93. The molecule has 1 aromatic rings. The molecular weight excluding hydrogens is 357 g/mol. The zero-order valence-corrected chi connectivity index (χ0v) is 16.6. The number of hydrogen-bond donors (Lipinski definition) is 2. The molecule has 1 aromatic carbocycles. The standard InChI is InChI=1S/C17H26BNO6S/c1-12(21)19-26(22,23)11-14-6-7-15(10-13(14)8-9-20)18-24-16(2,3)17(4,5)25-18/h6-7,10,20H,8-9,11H2,1-5H3,(H,19,21). The Morgan fingerprint density at radius 3 is 2.23 bits per heavy atom. The predicted molar refractivity (Wildman–Crippen MR) is 99.4 cm³/mol. The van der Waals surface area contributed by atoms with Crippen molar-refractivity contribution in [1.82, 2.24) is 4.72 Å². The van der Waals surface area contributed by atoms with E-state index in [4.69, 9.17) is 9.31 Å². The Morgan fingerprint density at radius 1 is 1.15 bits per heavy atom. The third-order valence-electron chi connectivity index (χ3n) is 4.78. The van der Waals surface area contributed by atoms with E-state index in [0.717, 1.165) is 12.4 Å². The van der Waals surface area contributed by atoms with Crippen molar-refractivity contribution in [3.05, 3.63) is 29.3 Å². The van der Waals surface area contributed by atoms with E-state index in [2.05, 4.69) is 0 Å². The molecule has 1 heterocycles. The number of rotatable bonds is 6. The Bertz CT molecular complexity index is 774. The zero-order valence-electron chi connectivity index (χ0n) is 15.8. The topological polar surface area (TPSA) is 102 Å². The smallest absolute Gasteiger partial charge is 0.399 e. The zero-order chi connectivity index (χ0) is 19.8. The number of amides is 1. The van der Waals surface area contributed by atoms with Gasteiger partial charge >= 0.3 is 7.12 Å². The van der Waals surface area contributed by atoms with Gasteiger partial charge < -0.3 is 14.4 Å². The molecule has 0 bridgehead atoms. The first-order valence-corrected chi connectivity index (χ1v) is 10.1. The van der Waals surface area contributed by atoms with Gasteiger partial charge in [0.25, 0.3) is 0 Å². The van der Waals surface area contributed by atoms with E-state index in [0.29, 0.717) is 11.1 Å². The molecule has 2 rings (SSSR count). The Kier molecular flexibility index (Phi) is 5.87. The lowest BCUT2D eigenvalue weighted by molar-refractivity contribution is -0.117. The van der Waals surface area contributed by atoms with Gasteiger partial charge in [0.1, 0.15) is 0 Å². The molecule has 2 N–H and O–H groups in total. The first-order chi connectivity index (χ1) is 11.9. The fourth-order valence-electron chi connectivity index (χ4n) is 2.73. The van der Waals surface area contributed by atoms with E-state index >= 15 is 0 Å². The second-order valence-corrected chi connectivity index (χ2v) is 9.23. The molecule has 144 valence electrons. The van der Waals surface area contributed by atoms with Crippen LogP contribution in [0.4, 0.5) is 0 Å². The van der Waals surface area contributed by atoms with Crippen molar-refractivity contribution in [3.63, 3.8) is 0 Å². The fraction of sp³-hybridized carbons (Fsp3) is 0.588. The summed E-state index contributed by atoms with van der Waals surface area (Å²) in [5.74, 6) is -0.978. The average molecular weight is 383 g/mol. The maximum Gasteiger partial charge on any atom is 0.494 e. The Balaban J connectivity index is 2.31. The number of benzene rings is 1. The molecule has 26 heavy (non-hydrogen) atoms. The van der Waals surface area contributed by atoms with Crippen LogP contribution in [0.25, 0.3) is 0 Å². The summed E-state index contributed by atoms with van der Waals surface area (Å²) in [7, 11) is -4.36. The van der Waals surface area contributed by atoms with Gasteiger partial charge in [-0.25, -0.2) is 8.42 Å². The number of sulfonamides is 1. The van der Waals surface area contributed by atoms with E-state index in [1.165, 1.54) is 0 Å². The van der Waals surface area contributed by atoms with Crippen molar-refractivity contribution in [2.75, 3.05) is 6.61 Å². The minimum atomic E-state index is -3.79. The lowest BCUT2D eigenvalue weighted by atomic mass is 9.77. The van der Waals surface area contributed by atoms with Crippen LogP contribution in [0.5, 0.6) is 0 Å². The molecule has 1 aliphatic rings. The molecule has 0 aliphatic carbocycles. The molecule has 0 saturated carbocycles. The summed E-state index contributed by atoms with van der Waals surface area (Å²) in [6.07, 6.45) is 0.290. The molecule has 1 amide bonds. The van der Waals surface area contributed by atoms with Gasteiger partial charge in [-0.05, 0) is 50.7 Å². The second kappa shape index (κ2) is 7.30. The van der Waals surface area contributed by atoms with Crippen molar-refractivity contribution < 1.29 is 27.6 Å². The van der Waals surface area contributed by atoms with Crippen molar-refractivity contribution in [2.24, 2.45) is 0 Å². The van der Waals surface area contributed by atoms with Crippen LogP contribution in [0.3, 0.4) is 0 Å². The molecule has 7 nitrogen and oxygen atoms in total. The lowest BCUT2D eigenvalue weighted by Gasteiger charge is -2.32. The van der Waals surface area contributed by atoms with Crippen molar-refractivity contribution in [1.29, 1.82) is 0 Å². The highest BCUT2D eigenvalue weighted by atomic mass is 32.2. The van der Waals surface area contributed by atoms with Crippen molar-refractivity contribution in [3.8, 4) is 0 Å². The third-order valence-corrected chi connectivity index (χ3v) is 6.07. The van der Waals surface area contributed by atoms with Crippen LogP contribution in [0.2, 0.25) is 0 Å².